The number of halogens is 1. The van der Waals surface area contributed by atoms with Gasteiger partial charge in [0.1, 0.15) is 11.3 Å². The summed E-state index contributed by atoms with van der Waals surface area (Å²) in [4.78, 5) is 33.9. The van der Waals surface area contributed by atoms with E-state index >= 15 is 0 Å². The van der Waals surface area contributed by atoms with E-state index in [1.807, 2.05) is 36.4 Å². The monoisotopic (exact) mass is 492 g/mol. The number of aromatic nitrogens is 3. The van der Waals surface area contributed by atoms with Crippen molar-refractivity contribution in [2.45, 2.75) is 0 Å². The van der Waals surface area contributed by atoms with E-state index in [0.29, 0.717) is 16.9 Å². The molecule has 0 atom stereocenters. The van der Waals surface area contributed by atoms with Gasteiger partial charge in [0, 0.05) is 60.9 Å². The second-order valence-electron chi connectivity index (χ2n) is 8.24. The fourth-order valence-electron chi connectivity index (χ4n) is 3.85. The van der Waals surface area contributed by atoms with E-state index in [2.05, 4.69) is 15.3 Å². The van der Waals surface area contributed by atoms with Crippen LogP contribution < -0.4 is 15.6 Å². The third kappa shape index (κ3) is 5.13. The molecule has 7 nitrogen and oxygen atoms in total. The summed E-state index contributed by atoms with van der Waals surface area (Å²) in [6.07, 6.45) is 8.14. The predicted octanol–water partition coefficient (Wildman–Crippen LogP) is 5.69. The lowest BCUT2D eigenvalue weighted by Crippen LogP contribution is -2.27. The Hall–Kier alpha value is -5.11. The quantitative estimate of drug-likeness (QED) is 0.329. The molecule has 0 radical (unpaired) electrons. The van der Waals surface area contributed by atoms with Gasteiger partial charge in [0.25, 0.3) is 11.5 Å². The average molecular weight is 493 g/mol. The number of ether oxygens (including phenoxy) is 1. The van der Waals surface area contributed by atoms with Crippen LogP contribution in [0.4, 0.5) is 10.1 Å². The van der Waals surface area contributed by atoms with Gasteiger partial charge < -0.3 is 14.6 Å². The minimum Gasteiger partial charge on any atom is -0.454 e. The molecule has 5 rings (SSSR count). The van der Waals surface area contributed by atoms with E-state index < -0.39 is 17.3 Å². The number of nitrogens with zero attached hydrogens (tertiary/aromatic N) is 3. The largest absolute Gasteiger partial charge is 0.454 e. The zero-order chi connectivity index (χ0) is 25.8. The van der Waals surface area contributed by atoms with Gasteiger partial charge in [-0.25, -0.2) is 4.39 Å². The SMILES string of the molecule is Cn1cc(-c2ccccc2)cc(C(=O)Nc2ccc(Oc3ccncc3-c3cccnc3)c(F)c2)c1=O. The molecule has 0 saturated heterocycles. The van der Waals surface area contributed by atoms with Gasteiger partial charge in [-0.15, -0.1) is 0 Å². The Morgan fingerprint density at radius 1 is 0.865 bits per heavy atom. The van der Waals surface area contributed by atoms with Crippen molar-refractivity contribution in [3.8, 4) is 33.8 Å². The molecule has 0 spiro atoms. The highest BCUT2D eigenvalue weighted by atomic mass is 19.1. The summed E-state index contributed by atoms with van der Waals surface area (Å²) in [6.45, 7) is 0. The van der Waals surface area contributed by atoms with Crippen LogP contribution in [0.1, 0.15) is 10.4 Å². The summed E-state index contributed by atoms with van der Waals surface area (Å²) in [6, 6.07) is 20.3. The maximum Gasteiger partial charge on any atom is 0.263 e. The Kier molecular flexibility index (Phi) is 6.54. The molecule has 0 bridgehead atoms. The molecule has 8 heteroatoms. The number of anilines is 1. The molecule has 2 aromatic carbocycles. The number of hydrogen-bond acceptors (Lipinski definition) is 5. The van der Waals surface area contributed by atoms with Crippen LogP contribution in [-0.4, -0.2) is 20.4 Å². The molecule has 3 heterocycles. The number of carbonyl (C=O) groups excluding carboxylic acids is 1. The first-order valence-electron chi connectivity index (χ1n) is 11.4. The van der Waals surface area contributed by atoms with Crippen molar-refractivity contribution < 1.29 is 13.9 Å². The second kappa shape index (κ2) is 10.2. The molecule has 0 unspecified atom stereocenters. The molecule has 0 aliphatic rings. The highest BCUT2D eigenvalue weighted by molar-refractivity contribution is 6.04. The molecule has 0 fully saturated rings. The molecule has 0 saturated carbocycles. The minimum absolute atomic E-state index is 0.0312. The fourth-order valence-corrected chi connectivity index (χ4v) is 3.85. The lowest BCUT2D eigenvalue weighted by atomic mass is 10.1. The summed E-state index contributed by atoms with van der Waals surface area (Å²) in [5, 5.41) is 2.61. The van der Waals surface area contributed by atoms with Gasteiger partial charge in [0.2, 0.25) is 0 Å². The first kappa shape index (κ1) is 23.6. The van der Waals surface area contributed by atoms with Crippen LogP contribution in [0.15, 0.2) is 109 Å². The normalized spacial score (nSPS) is 10.6. The van der Waals surface area contributed by atoms with Crippen molar-refractivity contribution in [2.75, 3.05) is 5.32 Å². The topological polar surface area (TPSA) is 86.1 Å². The number of benzene rings is 2. The summed E-state index contributed by atoms with van der Waals surface area (Å²) >= 11 is 0. The molecule has 1 amide bonds. The maximum atomic E-state index is 15.0. The van der Waals surface area contributed by atoms with Gasteiger partial charge in [-0.05, 0) is 41.5 Å². The molecule has 5 aromatic rings. The van der Waals surface area contributed by atoms with Crippen molar-refractivity contribution in [1.82, 2.24) is 14.5 Å². The lowest BCUT2D eigenvalue weighted by Gasteiger charge is -2.13. The number of rotatable bonds is 6. The second-order valence-corrected chi connectivity index (χ2v) is 8.24. The van der Waals surface area contributed by atoms with E-state index in [-0.39, 0.29) is 17.0 Å². The standard InChI is InChI=1S/C29H21FN4O3/c1-34-18-21(19-6-3-2-4-7-19)14-23(29(34)36)28(35)33-22-9-10-27(25(30)15-22)37-26-11-13-32-17-24(26)20-8-5-12-31-16-20/h2-18H,1H3,(H,33,35). The maximum absolute atomic E-state index is 15.0. The third-order valence-corrected chi connectivity index (χ3v) is 5.70. The molecule has 3 aromatic heterocycles. The van der Waals surface area contributed by atoms with E-state index in [4.69, 9.17) is 4.74 Å². The van der Waals surface area contributed by atoms with Crippen LogP contribution in [0.3, 0.4) is 0 Å². The third-order valence-electron chi connectivity index (χ3n) is 5.70. The van der Waals surface area contributed by atoms with Crippen molar-refractivity contribution in [2.24, 2.45) is 7.05 Å². The number of amides is 1. The van der Waals surface area contributed by atoms with Crippen molar-refractivity contribution >= 4 is 11.6 Å². The van der Waals surface area contributed by atoms with Crippen LogP contribution in [-0.2, 0) is 7.05 Å². The van der Waals surface area contributed by atoms with Crippen LogP contribution in [0, 0.1) is 5.82 Å². The number of carbonyl (C=O) groups is 1. The zero-order valence-electron chi connectivity index (χ0n) is 19.8. The van der Waals surface area contributed by atoms with Gasteiger partial charge >= 0.3 is 0 Å². The van der Waals surface area contributed by atoms with E-state index in [0.717, 1.165) is 17.2 Å². The highest BCUT2D eigenvalue weighted by Gasteiger charge is 2.16. The Balaban J connectivity index is 1.38. The lowest BCUT2D eigenvalue weighted by molar-refractivity contribution is 0.102. The minimum atomic E-state index is -0.683. The Labute approximate surface area is 211 Å². The van der Waals surface area contributed by atoms with E-state index in [1.165, 1.54) is 22.8 Å². The van der Waals surface area contributed by atoms with Crippen molar-refractivity contribution in [3.05, 3.63) is 126 Å². The van der Waals surface area contributed by atoms with Crippen molar-refractivity contribution in [1.29, 1.82) is 0 Å². The fraction of sp³-hybridized carbons (Fsp3) is 0.0345. The summed E-state index contributed by atoms with van der Waals surface area (Å²) in [7, 11) is 1.58. The molecule has 0 aliphatic carbocycles. The number of aryl methyl sites for hydroxylation is 1. The molecule has 1 N–H and O–H groups in total. The van der Waals surface area contributed by atoms with Crippen LogP contribution in [0.25, 0.3) is 22.3 Å². The average Bonchev–Trinajstić information content (AvgIpc) is 2.93. The molecular weight excluding hydrogens is 471 g/mol. The summed E-state index contributed by atoms with van der Waals surface area (Å²) in [5.41, 5.74) is 2.67. The van der Waals surface area contributed by atoms with Gasteiger partial charge in [-0.3, -0.25) is 19.6 Å². The van der Waals surface area contributed by atoms with Crippen LogP contribution in [0.5, 0.6) is 11.5 Å². The van der Waals surface area contributed by atoms with Gasteiger partial charge in [0.05, 0.1) is 0 Å². The van der Waals surface area contributed by atoms with Crippen LogP contribution in [0.2, 0.25) is 0 Å². The van der Waals surface area contributed by atoms with Crippen molar-refractivity contribution in [3.63, 3.8) is 0 Å². The Morgan fingerprint density at radius 2 is 1.65 bits per heavy atom. The molecular formula is C29H21FN4O3. The first-order chi connectivity index (χ1) is 18.0. The first-order valence-corrected chi connectivity index (χ1v) is 11.4. The molecule has 37 heavy (non-hydrogen) atoms. The van der Waals surface area contributed by atoms with Crippen LogP contribution >= 0.6 is 0 Å². The highest BCUT2D eigenvalue weighted by Crippen LogP contribution is 2.34. The zero-order valence-corrected chi connectivity index (χ0v) is 19.8. The predicted molar refractivity (Wildman–Crippen MR) is 139 cm³/mol. The van der Waals surface area contributed by atoms with Gasteiger partial charge in [-0.2, -0.15) is 0 Å². The molecule has 0 aliphatic heterocycles. The molecule has 182 valence electrons. The number of hydrogen-bond donors (Lipinski definition) is 1. The summed E-state index contributed by atoms with van der Waals surface area (Å²) in [5.74, 6) is -0.951. The van der Waals surface area contributed by atoms with E-state index in [9.17, 15) is 14.0 Å². The van der Waals surface area contributed by atoms with E-state index in [1.54, 1.807) is 50.2 Å². The smallest absolute Gasteiger partial charge is 0.263 e. The Bertz CT molecular complexity index is 1640. The Morgan fingerprint density at radius 3 is 2.41 bits per heavy atom. The number of pyridine rings is 3. The van der Waals surface area contributed by atoms with Gasteiger partial charge in [0.15, 0.2) is 11.6 Å². The number of nitrogens with one attached hydrogen (secondary N) is 1. The van der Waals surface area contributed by atoms with Gasteiger partial charge in [-0.1, -0.05) is 36.4 Å². The summed E-state index contributed by atoms with van der Waals surface area (Å²) < 4.78 is 22.2.